The Balaban J connectivity index is 2.45. The third kappa shape index (κ3) is 5.38. The lowest BCUT2D eigenvalue weighted by Crippen LogP contribution is -2.56. The molecule has 1 unspecified atom stereocenters. The van der Waals surface area contributed by atoms with E-state index in [1.54, 1.807) is 0 Å². The zero-order valence-electron chi connectivity index (χ0n) is 13.7. The molecular formula is C15H31N3O2. The molecular weight excluding hydrogens is 254 g/mol. The zero-order chi connectivity index (χ0) is 15.2. The highest BCUT2D eigenvalue weighted by Crippen LogP contribution is 2.15. The average Bonchev–Trinajstić information content (AvgIpc) is 2.38. The van der Waals surface area contributed by atoms with Crippen molar-refractivity contribution >= 4 is 5.97 Å². The molecule has 0 saturated carbocycles. The topological polar surface area (TPSA) is 44.8 Å². The Labute approximate surface area is 123 Å². The Morgan fingerprint density at radius 1 is 1.20 bits per heavy atom. The third-order valence-electron chi connectivity index (χ3n) is 3.78. The molecule has 0 aliphatic carbocycles. The summed E-state index contributed by atoms with van der Waals surface area (Å²) in [5.41, 5.74) is 0.230. The molecule has 20 heavy (non-hydrogen) atoms. The highest BCUT2D eigenvalue weighted by Gasteiger charge is 2.28. The van der Waals surface area contributed by atoms with Crippen LogP contribution in [-0.2, 0) is 9.53 Å². The Morgan fingerprint density at radius 3 is 2.25 bits per heavy atom. The van der Waals surface area contributed by atoms with Gasteiger partial charge < -0.3 is 10.1 Å². The van der Waals surface area contributed by atoms with E-state index in [0.29, 0.717) is 6.61 Å². The predicted octanol–water partition coefficient (Wildman–Crippen LogP) is 0.944. The van der Waals surface area contributed by atoms with Gasteiger partial charge in [-0.2, -0.15) is 0 Å². The maximum absolute atomic E-state index is 11.9. The molecule has 1 aliphatic rings. The van der Waals surface area contributed by atoms with Gasteiger partial charge in [0.15, 0.2) is 0 Å². The van der Waals surface area contributed by atoms with Gasteiger partial charge in [-0.25, -0.2) is 0 Å². The Kier molecular flexibility index (Phi) is 6.92. The molecule has 1 heterocycles. The van der Waals surface area contributed by atoms with E-state index < -0.39 is 0 Å². The van der Waals surface area contributed by atoms with Crippen molar-refractivity contribution in [2.24, 2.45) is 0 Å². The molecule has 1 atom stereocenters. The van der Waals surface area contributed by atoms with Gasteiger partial charge in [0.25, 0.3) is 0 Å². The molecule has 5 nitrogen and oxygen atoms in total. The van der Waals surface area contributed by atoms with E-state index >= 15 is 0 Å². The molecule has 1 N–H and O–H groups in total. The van der Waals surface area contributed by atoms with Crippen molar-refractivity contribution in [2.75, 3.05) is 45.9 Å². The summed E-state index contributed by atoms with van der Waals surface area (Å²) in [4.78, 5) is 16.8. The summed E-state index contributed by atoms with van der Waals surface area (Å²) < 4.78 is 5.13. The van der Waals surface area contributed by atoms with Crippen LogP contribution in [0.15, 0.2) is 0 Å². The summed E-state index contributed by atoms with van der Waals surface area (Å²) in [7, 11) is 0. The highest BCUT2D eigenvalue weighted by molar-refractivity contribution is 5.76. The van der Waals surface area contributed by atoms with Gasteiger partial charge in [-0.05, 0) is 34.2 Å². The van der Waals surface area contributed by atoms with Crippen molar-refractivity contribution in [1.82, 2.24) is 15.1 Å². The summed E-state index contributed by atoms with van der Waals surface area (Å²) in [6.07, 6.45) is 0. The molecule has 1 fully saturated rings. The SMILES string of the molecule is CCNC(CN1CCN(C(C)(C)C)CC1)C(=O)OCC. The first kappa shape index (κ1) is 17.4. The minimum absolute atomic E-state index is 0.132. The van der Waals surface area contributed by atoms with E-state index in [1.165, 1.54) is 0 Å². The molecule has 0 spiro atoms. The second-order valence-electron chi connectivity index (χ2n) is 6.32. The second-order valence-corrected chi connectivity index (χ2v) is 6.32. The number of carbonyl (C=O) groups is 1. The Morgan fingerprint density at radius 2 is 1.80 bits per heavy atom. The quantitative estimate of drug-likeness (QED) is 0.736. The summed E-state index contributed by atoms with van der Waals surface area (Å²) in [5.74, 6) is -0.132. The molecule has 0 bridgehead atoms. The Bertz CT molecular complexity index is 294. The van der Waals surface area contributed by atoms with Crippen LogP contribution < -0.4 is 5.32 Å². The molecule has 1 aliphatic heterocycles. The van der Waals surface area contributed by atoms with Gasteiger partial charge in [-0.3, -0.25) is 14.6 Å². The molecule has 5 heteroatoms. The van der Waals surface area contributed by atoms with E-state index in [2.05, 4.69) is 35.9 Å². The molecule has 0 radical (unpaired) electrons. The van der Waals surface area contributed by atoms with Crippen LogP contribution in [0.5, 0.6) is 0 Å². The second kappa shape index (κ2) is 7.96. The van der Waals surface area contributed by atoms with Gasteiger partial charge in [-0.15, -0.1) is 0 Å². The number of nitrogens with zero attached hydrogens (tertiary/aromatic N) is 2. The monoisotopic (exact) mass is 285 g/mol. The largest absolute Gasteiger partial charge is 0.465 e. The van der Waals surface area contributed by atoms with Gasteiger partial charge in [0, 0.05) is 38.3 Å². The summed E-state index contributed by atoms with van der Waals surface area (Å²) in [5, 5.41) is 3.23. The number of nitrogens with one attached hydrogen (secondary N) is 1. The molecule has 0 amide bonds. The standard InChI is InChI=1S/C15H31N3O2/c1-6-16-13(14(19)20-7-2)12-17-8-10-18(11-9-17)15(3,4)5/h13,16H,6-12H2,1-5H3. The van der Waals surface area contributed by atoms with E-state index in [0.717, 1.165) is 39.3 Å². The third-order valence-corrected chi connectivity index (χ3v) is 3.78. The van der Waals surface area contributed by atoms with Crippen molar-refractivity contribution in [3.63, 3.8) is 0 Å². The first-order chi connectivity index (χ1) is 9.38. The van der Waals surface area contributed by atoms with Gasteiger partial charge in [0.1, 0.15) is 6.04 Å². The number of esters is 1. The first-order valence-corrected chi connectivity index (χ1v) is 7.76. The van der Waals surface area contributed by atoms with Crippen molar-refractivity contribution in [2.45, 2.75) is 46.2 Å². The van der Waals surface area contributed by atoms with E-state index in [4.69, 9.17) is 4.74 Å². The lowest BCUT2D eigenvalue weighted by molar-refractivity contribution is -0.146. The van der Waals surface area contributed by atoms with Crippen molar-refractivity contribution in [1.29, 1.82) is 0 Å². The van der Waals surface area contributed by atoms with Crippen LogP contribution in [0.25, 0.3) is 0 Å². The normalized spacial score (nSPS) is 19.9. The van der Waals surface area contributed by atoms with Gasteiger partial charge in [0.05, 0.1) is 6.61 Å². The summed E-state index contributed by atoms with van der Waals surface area (Å²) >= 11 is 0. The van der Waals surface area contributed by atoms with Crippen LogP contribution in [0.3, 0.4) is 0 Å². The van der Waals surface area contributed by atoms with Gasteiger partial charge in [0.2, 0.25) is 0 Å². The van der Waals surface area contributed by atoms with Crippen LogP contribution in [0.4, 0.5) is 0 Å². The molecule has 1 rings (SSSR count). The number of ether oxygens (including phenoxy) is 1. The number of hydrogen-bond donors (Lipinski definition) is 1. The predicted molar refractivity (Wildman–Crippen MR) is 81.9 cm³/mol. The zero-order valence-corrected chi connectivity index (χ0v) is 13.7. The van der Waals surface area contributed by atoms with Crippen LogP contribution in [0.2, 0.25) is 0 Å². The minimum Gasteiger partial charge on any atom is -0.465 e. The number of piperazine rings is 1. The smallest absolute Gasteiger partial charge is 0.324 e. The van der Waals surface area contributed by atoms with Crippen LogP contribution in [0.1, 0.15) is 34.6 Å². The van der Waals surface area contributed by atoms with Gasteiger partial charge >= 0.3 is 5.97 Å². The maximum atomic E-state index is 11.9. The average molecular weight is 285 g/mol. The van der Waals surface area contributed by atoms with E-state index in [1.807, 2.05) is 13.8 Å². The van der Waals surface area contributed by atoms with E-state index in [9.17, 15) is 4.79 Å². The fraction of sp³-hybridized carbons (Fsp3) is 0.933. The highest BCUT2D eigenvalue weighted by atomic mass is 16.5. The fourth-order valence-corrected chi connectivity index (χ4v) is 2.57. The van der Waals surface area contributed by atoms with E-state index in [-0.39, 0.29) is 17.6 Å². The number of rotatable bonds is 6. The van der Waals surface area contributed by atoms with Crippen molar-refractivity contribution in [3.8, 4) is 0 Å². The van der Waals surface area contributed by atoms with Gasteiger partial charge in [-0.1, -0.05) is 6.92 Å². The van der Waals surface area contributed by atoms with Crippen LogP contribution >= 0.6 is 0 Å². The molecule has 0 aromatic carbocycles. The summed E-state index contributed by atoms with van der Waals surface area (Å²) in [6.45, 7) is 16.7. The molecule has 0 aromatic rings. The van der Waals surface area contributed by atoms with Crippen molar-refractivity contribution in [3.05, 3.63) is 0 Å². The lowest BCUT2D eigenvalue weighted by Gasteiger charge is -2.42. The molecule has 0 aromatic heterocycles. The fourth-order valence-electron chi connectivity index (χ4n) is 2.57. The molecule has 1 saturated heterocycles. The van der Waals surface area contributed by atoms with Crippen LogP contribution in [0, 0.1) is 0 Å². The Hall–Kier alpha value is -0.650. The summed E-state index contributed by atoms with van der Waals surface area (Å²) in [6, 6.07) is -0.207. The number of carbonyl (C=O) groups excluding carboxylic acids is 1. The maximum Gasteiger partial charge on any atom is 0.324 e. The van der Waals surface area contributed by atoms with Crippen LogP contribution in [-0.4, -0.2) is 73.2 Å². The van der Waals surface area contributed by atoms with Crippen molar-refractivity contribution < 1.29 is 9.53 Å². The number of hydrogen-bond acceptors (Lipinski definition) is 5. The lowest BCUT2D eigenvalue weighted by atomic mass is 10.0. The molecule has 118 valence electrons. The minimum atomic E-state index is -0.207. The first-order valence-electron chi connectivity index (χ1n) is 7.76. The number of likely N-dealkylation sites (N-methyl/N-ethyl adjacent to an activating group) is 1.